The Balaban J connectivity index is 2.39. The zero-order valence-corrected chi connectivity index (χ0v) is 11.9. The van der Waals surface area contributed by atoms with Gasteiger partial charge in [0.15, 0.2) is 0 Å². The highest BCUT2D eigenvalue weighted by molar-refractivity contribution is 8.00. The van der Waals surface area contributed by atoms with E-state index in [2.05, 4.69) is 5.32 Å². The molecule has 0 spiro atoms. The Kier molecular flexibility index (Phi) is 5.91. The molecule has 1 fully saturated rings. The average Bonchev–Trinajstić information content (AvgIpc) is 2.28. The van der Waals surface area contributed by atoms with E-state index in [9.17, 15) is 13.2 Å². The van der Waals surface area contributed by atoms with Crippen LogP contribution in [0.5, 0.6) is 0 Å². The molecule has 1 rings (SSSR count). The third kappa shape index (κ3) is 5.25. The van der Waals surface area contributed by atoms with Gasteiger partial charge in [0.2, 0.25) is 15.9 Å². The maximum atomic E-state index is 11.5. The van der Waals surface area contributed by atoms with E-state index in [-0.39, 0.29) is 23.5 Å². The fraction of sp³-hybridized carbons (Fsp3) is 0.800. The third-order valence-corrected chi connectivity index (χ3v) is 4.69. The van der Waals surface area contributed by atoms with Crippen molar-refractivity contribution in [2.24, 2.45) is 0 Å². The number of carbonyl (C=O) groups excluding carboxylic acids is 1. The average molecular weight is 291 g/mol. The Morgan fingerprint density at radius 3 is 2.94 bits per heavy atom. The van der Waals surface area contributed by atoms with Gasteiger partial charge in [-0.2, -0.15) is 5.26 Å². The van der Waals surface area contributed by atoms with Crippen LogP contribution in [-0.4, -0.2) is 55.5 Å². The van der Waals surface area contributed by atoms with Gasteiger partial charge in [0.1, 0.15) is 0 Å². The van der Waals surface area contributed by atoms with Gasteiger partial charge in [-0.15, -0.1) is 11.8 Å². The number of sulfonamides is 1. The highest BCUT2D eigenvalue weighted by Gasteiger charge is 2.26. The molecule has 0 aromatic carbocycles. The number of nitrogens with one attached hydrogen (secondary N) is 1. The monoisotopic (exact) mass is 291 g/mol. The second-order valence-electron chi connectivity index (χ2n) is 4.18. The zero-order chi connectivity index (χ0) is 13.6. The summed E-state index contributed by atoms with van der Waals surface area (Å²) in [5.41, 5.74) is 0. The lowest BCUT2D eigenvalue weighted by atomic mass is 10.1. The van der Waals surface area contributed by atoms with E-state index < -0.39 is 10.0 Å². The van der Waals surface area contributed by atoms with Crippen LogP contribution in [0.15, 0.2) is 0 Å². The molecule has 1 atom stereocenters. The molecule has 1 aliphatic rings. The Morgan fingerprint density at radius 1 is 1.61 bits per heavy atom. The lowest BCUT2D eigenvalue weighted by molar-refractivity contribution is -0.119. The van der Waals surface area contributed by atoms with E-state index in [1.54, 1.807) is 0 Å². The Morgan fingerprint density at radius 2 is 2.33 bits per heavy atom. The van der Waals surface area contributed by atoms with Crippen LogP contribution in [0, 0.1) is 11.3 Å². The number of hydrogen-bond acceptors (Lipinski definition) is 5. The van der Waals surface area contributed by atoms with Crippen molar-refractivity contribution in [3.63, 3.8) is 0 Å². The normalized spacial score (nSPS) is 21.2. The molecule has 0 aliphatic carbocycles. The third-order valence-electron chi connectivity index (χ3n) is 2.62. The number of amides is 1. The first-order chi connectivity index (χ1) is 8.43. The number of rotatable bonds is 5. The second kappa shape index (κ2) is 6.97. The van der Waals surface area contributed by atoms with Crippen LogP contribution in [0.4, 0.5) is 0 Å². The van der Waals surface area contributed by atoms with Gasteiger partial charge in [0.05, 0.1) is 23.8 Å². The standard InChI is InChI=1S/C10H17N3O3S2/c1-18(15,16)13-5-2-3-9(7-13)12-10(14)8-17-6-4-11/h9H,2-3,5-8H2,1H3,(H,12,14). The van der Waals surface area contributed by atoms with Crippen LogP contribution in [0.1, 0.15) is 12.8 Å². The predicted molar refractivity (Wildman–Crippen MR) is 70.5 cm³/mol. The van der Waals surface area contributed by atoms with Crippen molar-refractivity contribution >= 4 is 27.7 Å². The highest BCUT2D eigenvalue weighted by atomic mass is 32.2. The molecule has 18 heavy (non-hydrogen) atoms. The highest BCUT2D eigenvalue weighted by Crippen LogP contribution is 2.13. The van der Waals surface area contributed by atoms with E-state index in [1.807, 2.05) is 6.07 Å². The van der Waals surface area contributed by atoms with Crippen molar-refractivity contribution in [2.75, 3.05) is 30.9 Å². The van der Waals surface area contributed by atoms with Gasteiger partial charge in [0, 0.05) is 19.1 Å². The molecule has 1 saturated heterocycles. The first-order valence-corrected chi connectivity index (χ1v) is 8.63. The molecule has 1 heterocycles. The van der Waals surface area contributed by atoms with Crippen LogP contribution < -0.4 is 5.32 Å². The van der Waals surface area contributed by atoms with Gasteiger partial charge in [-0.3, -0.25) is 4.79 Å². The summed E-state index contributed by atoms with van der Waals surface area (Å²) < 4.78 is 24.2. The van der Waals surface area contributed by atoms with E-state index >= 15 is 0 Å². The molecule has 102 valence electrons. The Bertz CT molecular complexity index is 430. The van der Waals surface area contributed by atoms with Crippen molar-refractivity contribution in [1.29, 1.82) is 5.26 Å². The molecule has 1 unspecified atom stereocenters. The van der Waals surface area contributed by atoms with Crippen molar-refractivity contribution in [2.45, 2.75) is 18.9 Å². The number of nitriles is 1. The summed E-state index contributed by atoms with van der Waals surface area (Å²) in [5.74, 6) is 0.381. The summed E-state index contributed by atoms with van der Waals surface area (Å²) >= 11 is 1.25. The SMILES string of the molecule is CS(=O)(=O)N1CCCC(NC(=O)CSCC#N)C1. The topological polar surface area (TPSA) is 90.3 Å². The van der Waals surface area contributed by atoms with Gasteiger partial charge < -0.3 is 5.32 Å². The number of hydrogen-bond donors (Lipinski definition) is 1. The smallest absolute Gasteiger partial charge is 0.230 e. The molecule has 8 heteroatoms. The summed E-state index contributed by atoms with van der Waals surface area (Å²) in [6.45, 7) is 0.863. The summed E-state index contributed by atoms with van der Waals surface area (Å²) in [6.07, 6.45) is 2.73. The molecule has 1 amide bonds. The van der Waals surface area contributed by atoms with Crippen molar-refractivity contribution in [1.82, 2.24) is 9.62 Å². The van der Waals surface area contributed by atoms with Gasteiger partial charge >= 0.3 is 0 Å². The number of thioether (sulfide) groups is 1. The minimum Gasteiger partial charge on any atom is -0.351 e. The molecule has 6 nitrogen and oxygen atoms in total. The lowest BCUT2D eigenvalue weighted by Crippen LogP contribution is -2.49. The minimum absolute atomic E-state index is 0.122. The lowest BCUT2D eigenvalue weighted by Gasteiger charge is -2.31. The maximum absolute atomic E-state index is 11.5. The van der Waals surface area contributed by atoms with Gasteiger partial charge in [0.25, 0.3) is 0 Å². The van der Waals surface area contributed by atoms with Crippen LogP contribution in [0.25, 0.3) is 0 Å². The van der Waals surface area contributed by atoms with Gasteiger partial charge in [-0.05, 0) is 12.8 Å². The first-order valence-electron chi connectivity index (χ1n) is 5.62. The van der Waals surface area contributed by atoms with Gasteiger partial charge in [-0.1, -0.05) is 0 Å². The molecule has 0 saturated carbocycles. The second-order valence-corrected chi connectivity index (χ2v) is 7.15. The molecule has 0 aromatic rings. The van der Waals surface area contributed by atoms with Crippen LogP contribution >= 0.6 is 11.8 Å². The summed E-state index contributed by atoms with van der Waals surface area (Å²) in [6, 6.07) is 1.83. The molecule has 0 aromatic heterocycles. The van der Waals surface area contributed by atoms with E-state index in [4.69, 9.17) is 5.26 Å². The quantitative estimate of drug-likeness (QED) is 0.707. The van der Waals surface area contributed by atoms with Crippen LogP contribution in [-0.2, 0) is 14.8 Å². The van der Waals surface area contributed by atoms with E-state index in [0.29, 0.717) is 13.1 Å². The fourth-order valence-electron chi connectivity index (χ4n) is 1.82. The fourth-order valence-corrected chi connectivity index (χ4v) is 3.19. The molecule has 1 N–H and O–H groups in total. The first kappa shape index (κ1) is 15.3. The van der Waals surface area contributed by atoms with Crippen molar-refractivity contribution in [3.8, 4) is 6.07 Å². The summed E-state index contributed by atoms with van der Waals surface area (Å²) in [5, 5.41) is 11.2. The zero-order valence-electron chi connectivity index (χ0n) is 10.3. The van der Waals surface area contributed by atoms with E-state index in [1.165, 1.54) is 22.3 Å². The predicted octanol–water partition coefficient (Wildman–Crippen LogP) is -0.217. The van der Waals surface area contributed by atoms with Crippen LogP contribution in [0.3, 0.4) is 0 Å². The van der Waals surface area contributed by atoms with Crippen molar-refractivity contribution in [3.05, 3.63) is 0 Å². The maximum Gasteiger partial charge on any atom is 0.230 e. The number of nitrogens with zero attached hydrogens (tertiary/aromatic N) is 2. The molecular formula is C10H17N3O3S2. The molecular weight excluding hydrogens is 274 g/mol. The Labute approximate surface area is 112 Å². The largest absolute Gasteiger partial charge is 0.351 e. The molecule has 1 aliphatic heterocycles. The van der Waals surface area contributed by atoms with Crippen LogP contribution in [0.2, 0.25) is 0 Å². The molecule has 0 radical (unpaired) electrons. The number of piperidine rings is 1. The number of carbonyl (C=O) groups is 1. The van der Waals surface area contributed by atoms with Crippen molar-refractivity contribution < 1.29 is 13.2 Å². The van der Waals surface area contributed by atoms with Gasteiger partial charge in [-0.25, -0.2) is 12.7 Å². The van der Waals surface area contributed by atoms with E-state index in [0.717, 1.165) is 12.8 Å². The molecule has 0 bridgehead atoms. The summed E-state index contributed by atoms with van der Waals surface area (Å²) in [4.78, 5) is 11.5. The minimum atomic E-state index is -3.18. The summed E-state index contributed by atoms with van der Waals surface area (Å²) in [7, 11) is -3.18. The Hall–Kier alpha value is -0.780.